The number of hydrogen-bond donors (Lipinski definition) is 0. The predicted molar refractivity (Wildman–Crippen MR) is 172 cm³/mol. The van der Waals surface area contributed by atoms with Gasteiger partial charge in [-0.05, 0) is 108 Å². The van der Waals surface area contributed by atoms with Gasteiger partial charge in [-0.3, -0.25) is 0 Å². The van der Waals surface area contributed by atoms with Gasteiger partial charge in [0.2, 0.25) is 0 Å². The van der Waals surface area contributed by atoms with E-state index in [2.05, 4.69) is 155 Å². The summed E-state index contributed by atoms with van der Waals surface area (Å²) in [5, 5.41) is 5.06. The SMILES string of the molecule is C1=CCCC(N(C2=CCCC=C2)c2ccc3c(ccc4cc(N(c5ccccc5)c5ccccc5)ccc43)c2)=C1. The number of anilines is 4. The van der Waals surface area contributed by atoms with Crippen LogP contribution in [0.3, 0.4) is 0 Å². The molecular weight excluding hydrogens is 484 g/mol. The van der Waals surface area contributed by atoms with Crippen molar-refractivity contribution in [1.29, 1.82) is 0 Å². The summed E-state index contributed by atoms with van der Waals surface area (Å²) in [4.78, 5) is 4.77. The van der Waals surface area contributed by atoms with Gasteiger partial charge in [-0.15, -0.1) is 0 Å². The lowest BCUT2D eigenvalue weighted by Gasteiger charge is -2.31. The van der Waals surface area contributed by atoms with Crippen molar-refractivity contribution in [2.75, 3.05) is 9.80 Å². The molecule has 0 unspecified atom stereocenters. The largest absolute Gasteiger partial charge is 0.315 e. The second kappa shape index (κ2) is 10.7. The first-order valence-electron chi connectivity index (χ1n) is 14.2. The van der Waals surface area contributed by atoms with E-state index >= 15 is 0 Å². The molecule has 0 aromatic heterocycles. The number of nitrogens with zero attached hydrogens (tertiary/aromatic N) is 2. The van der Waals surface area contributed by atoms with Crippen LogP contribution in [0, 0.1) is 0 Å². The Bertz CT molecular complexity index is 1750. The van der Waals surface area contributed by atoms with Crippen molar-refractivity contribution in [3.8, 4) is 0 Å². The molecule has 0 fully saturated rings. The smallest absolute Gasteiger partial charge is 0.0468 e. The Morgan fingerprint density at radius 2 is 1.12 bits per heavy atom. The van der Waals surface area contributed by atoms with Crippen LogP contribution in [0.1, 0.15) is 25.7 Å². The van der Waals surface area contributed by atoms with Crippen LogP contribution in [0.4, 0.5) is 22.7 Å². The highest BCUT2D eigenvalue weighted by Gasteiger charge is 2.18. The van der Waals surface area contributed by atoms with E-state index in [0.717, 1.165) is 42.7 Å². The summed E-state index contributed by atoms with van der Waals surface area (Å²) in [6.45, 7) is 0. The zero-order chi connectivity index (χ0) is 26.7. The Morgan fingerprint density at radius 3 is 1.68 bits per heavy atom. The molecule has 40 heavy (non-hydrogen) atoms. The maximum absolute atomic E-state index is 2.45. The number of hydrogen-bond acceptors (Lipinski definition) is 2. The minimum atomic E-state index is 1.06. The fraction of sp³-hybridized carbons (Fsp3) is 0.105. The summed E-state index contributed by atoms with van der Waals surface area (Å²) in [6, 6.07) is 39.5. The van der Waals surface area contributed by atoms with E-state index in [4.69, 9.17) is 0 Å². The highest BCUT2D eigenvalue weighted by molar-refractivity contribution is 6.09. The Labute approximate surface area is 236 Å². The van der Waals surface area contributed by atoms with Crippen LogP contribution in [-0.2, 0) is 0 Å². The summed E-state index contributed by atoms with van der Waals surface area (Å²) in [6.07, 6.45) is 18.0. The quantitative estimate of drug-likeness (QED) is 0.207. The Hall–Kier alpha value is -4.82. The monoisotopic (exact) mass is 516 g/mol. The van der Waals surface area contributed by atoms with E-state index < -0.39 is 0 Å². The summed E-state index contributed by atoms with van der Waals surface area (Å²) in [5.74, 6) is 0. The molecule has 0 saturated heterocycles. The Morgan fingerprint density at radius 1 is 0.500 bits per heavy atom. The van der Waals surface area contributed by atoms with Crippen LogP contribution in [0.15, 0.2) is 157 Å². The van der Waals surface area contributed by atoms with Gasteiger partial charge in [0.1, 0.15) is 0 Å². The van der Waals surface area contributed by atoms with Gasteiger partial charge in [0, 0.05) is 34.1 Å². The lowest BCUT2D eigenvalue weighted by atomic mass is 9.99. The van der Waals surface area contributed by atoms with Crippen molar-refractivity contribution in [3.63, 3.8) is 0 Å². The number of rotatable bonds is 6. The van der Waals surface area contributed by atoms with Gasteiger partial charge < -0.3 is 9.80 Å². The molecular formula is C38H32N2. The molecule has 0 aliphatic heterocycles. The molecule has 0 amide bonds. The molecule has 0 radical (unpaired) electrons. The maximum atomic E-state index is 2.45. The fourth-order valence-corrected chi connectivity index (χ4v) is 5.95. The molecule has 2 nitrogen and oxygen atoms in total. The first-order chi connectivity index (χ1) is 19.8. The zero-order valence-corrected chi connectivity index (χ0v) is 22.6. The van der Waals surface area contributed by atoms with Gasteiger partial charge in [-0.25, -0.2) is 0 Å². The van der Waals surface area contributed by atoms with Gasteiger partial charge in [-0.2, -0.15) is 0 Å². The van der Waals surface area contributed by atoms with E-state index in [1.165, 1.54) is 38.6 Å². The molecule has 5 aromatic rings. The predicted octanol–water partition coefficient (Wildman–Crippen LogP) is 10.7. The van der Waals surface area contributed by atoms with Gasteiger partial charge >= 0.3 is 0 Å². The molecule has 0 saturated carbocycles. The highest BCUT2D eigenvalue weighted by atomic mass is 15.2. The van der Waals surface area contributed by atoms with Crippen molar-refractivity contribution in [2.24, 2.45) is 0 Å². The zero-order valence-electron chi connectivity index (χ0n) is 22.6. The summed E-state index contributed by atoms with van der Waals surface area (Å²) in [5.41, 5.74) is 7.31. The lowest BCUT2D eigenvalue weighted by Crippen LogP contribution is -2.22. The van der Waals surface area contributed by atoms with Crippen LogP contribution in [0.25, 0.3) is 21.5 Å². The number of para-hydroxylation sites is 2. The summed E-state index contributed by atoms with van der Waals surface area (Å²) in [7, 11) is 0. The average Bonchev–Trinajstić information content (AvgIpc) is 3.03. The number of benzene rings is 5. The van der Waals surface area contributed by atoms with Gasteiger partial charge in [-0.1, -0.05) is 85.0 Å². The number of fused-ring (bicyclic) bond motifs is 3. The van der Waals surface area contributed by atoms with Crippen molar-refractivity contribution >= 4 is 44.3 Å². The van der Waals surface area contributed by atoms with E-state index in [-0.39, 0.29) is 0 Å². The molecule has 2 aliphatic carbocycles. The third kappa shape index (κ3) is 4.63. The standard InChI is InChI=1S/C38H32N2/c1-5-13-31(14-6-1)39(32-15-7-2-8-16-32)35-23-25-37-29(27-35)21-22-30-28-36(24-26-38(30)37)40(33-17-9-3-10-18-33)34-19-11-4-12-20-34/h1-3,5-9,11,13-17,19-28H,4,10,12,18H2. The van der Waals surface area contributed by atoms with Gasteiger partial charge in [0.25, 0.3) is 0 Å². The first kappa shape index (κ1) is 24.2. The van der Waals surface area contributed by atoms with Crippen molar-refractivity contribution in [2.45, 2.75) is 25.7 Å². The van der Waals surface area contributed by atoms with Crippen LogP contribution < -0.4 is 9.80 Å². The molecule has 0 N–H and O–H groups in total. The molecule has 2 heteroatoms. The van der Waals surface area contributed by atoms with Crippen molar-refractivity contribution in [3.05, 3.63) is 157 Å². The molecule has 5 aromatic carbocycles. The average molecular weight is 517 g/mol. The second-order valence-electron chi connectivity index (χ2n) is 10.5. The Balaban J connectivity index is 1.31. The number of allylic oxidation sites excluding steroid dienone is 7. The Kier molecular flexibility index (Phi) is 6.51. The van der Waals surface area contributed by atoms with Gasteiger partial charge in [0.15, 0.2) is 0 Å². The van der Waals surface area contributed by atoms with Gasteiger partial charge in [0.05, 0.1) is 0 Å². The summed E-state index contributed by atoms with van der Waals surface area (Å²) >= 11 is 0. The van der Waals surface area contributed by atoms with Crippen LogP contribution >= 0.6 is 0 Å². The normalized spacial score (nSPS) is 14.7. The fourth-order valence-electron chi connectivity index (χ4n) is 5.95. The molecule has 7 rings (SSSR count). The minimum Gasteiger partial charge on any atom is -0.315 e. The van der Waals surface area contributed by atoms with Crippen LogP contribution in [0.2, 0.25) is 0 Å². The molecule has 0 atom stereocenters. The van der Waals surface area contributed by atoms with E-state index in [0.29, 0.717) is 0 Å². The molecule has 2 aliphatic rings. The molecule has 0 heterocycles. The summed E-state index contributed by atoms with van der Waals surface area (Å²) < 4.78 is 0. The molecule has 194 valence electrons. The van der Waals surface area contributed by atoms with Crippen molar-refractivity contribution in [1.82, 2.24) is 0 Å². The van der Waals surface area contributed by atoms with E-state index in [9.17, 15) is 0 Å². The van der Waals surface area contributed by atoms with E-state index in [1.807, 2.05) is 0 Å². The second-order valence-corrected chi connectivity index (χ2v) is 10.5. The van der Waals surface area contributed by atoms with Crippen LogP contribution in [-0.4, -0.2) is 0 Å². The van der Waals surface area contributed by atoms with E-state index in [1.54, 1.807) is 0 Å². The molecule has 0 spiro atoms. The lowest BCUT2D eigenvalue weighted by molar-refractivity contribution is 0.887. The van der Waals surface area contributed by atoms with Crippen LogP contribution in [0.5, 0.6) is 0 Å². The third-order valence-electron chi connectivity index (χ3n) is 7.86. The maximum Gasteiger partial charge on any atom is 0.0468 e. The first-order valence-corrected chi connectivity index (χ1v) is 14.2. The molecule has 0 bridgehead atoms. The minimum absolute atomic E-state index is 1.06. The van der Waals surface area contributed by atoms with Crippen molar-refractivity contribution < 1.29 is 0 Å². The third-order valence-corrected chi connectivity index (χ3v) is 7.86. The highest BCUT2D eigenvalue weighted by Crippen LogP contribution is 2.39. The topological polar surface area (TPSA) is 6.48 Å².